The van der Waals surface area contributed by atoms with Gasteiger partial charge in [0, 0.05) is 70.9 Å². The summed E-state index contributed by atoms with van der Waals surface area (Å²) in [6, 6.07) is 14.0. The van der Waals surface area contributed by atoms with Crippen molar-refractivity contribution in [2.24, 2.45) is 11.8 Å². The van der Waals surface area contributed by atoms with E-state index in [1.165, 1.54) is 4.31 Å². The third-order valence-corrected chi connectivity index (χ3v) is 9.66. The maximum atomic E-state index is 14.0. The predicted octanol–water partition coefficient (Wildman–Crippen LogP) is 4.91. The van der Waals surface area contributed by atoms with Crippen molar-refractivity contribution in [2.75, 3.05) is 60.7 Å². The number of likely N-dealkylation sites (tertiary alicyclic amines) is 1. The molecule has 11 nitrogen and oxygen atoms in total. The molecule has 1 saturated heterocycles. The molecule has 0 unspecified atom stereocenters. The number of benzene rings is 2. The van der Waals surface area contributed by atoms with E-state index in [0.717, 1.165) is 0 Å². The number of nitrogens with zero attached hydrogens (tertiary/aromatic N) is 3. The van der Waals surface area contributed by atoms with Crippen molar-refractivity contribution in [2.45, 2.75) is 58.4 Å². The van der Waals surface area contributed by atoms with Crippen molar-refractivity contribution < 1.29 is 37.0 Å². The average Bonchev–Trinajstić information content (AvgIpc) is 3.39. The van der Waals surface area contributed by atoms with Crippen LogP contribution in [0.1, 0.15) is 57.0 Å². The average molecular weight is 662 g/mol. The smallest absolute Gasteiger partial charge is 0.410 e. The Bertz CT molecular complexity index is 1390. The lowest BCUT2D eigenvalue weighted by Gasteiger charge is -2.32. The summed E-state index contributed by atoms with van der Waals surface area (Å²) in [4.78, 5) is 30.5. The highest BCUT2D eigenvalue weighted by Crippen LogP contribution is 2.31. The maximum absolute atomic E-state index is 14.0. The Morgan fingerprint density at radius 2 is 1.61 bits per heavy atom. The van der Waals surface area contributed by atoms with Gasteiger partial charge in [0.25, 0.3) is 5.91 Å². The first-order chi connectivity index (χ1) is 21.6. The lowest BCUT2D eigenvalue weighted by atomic mass is 9.94. The number of carbonyl (C=O) groups is 2. The molecule has 1 heterocycles. The van der Waals surface area contributed by atoms with Gasteiger partial charge in [-0.1, -0.05) is 30.3 Å². The highest BCUT2D eigenvalue weighted by atomic mass is 32.2. The molecule has 46 heavy (non-hydrogen) atoms. The summed E-state index contributed by atoms with van der Waals surface area (Å²) < 4.78 is 50.2. The van der Waals surface area contributed by atoms with E-state index < -0.39 is 21.7 Å². The Balaban J connectivity index is 1.85. The van der Waals surface area contributed by atoms with Crippen LogP contribution in [0.2, 0.25) is 0 Å². The molecule has 2 aromatic rings. The van der Waals surface area contributed by atoms with Crippen LogP contribution in [-0.4, -0.2) is 107 Å². The summed E-state index contributed by atoms with van der Waals surface area (Å²) in [6.45, 7) is 11.4. The first kappa shape index (κ1) is 37.1. The second-order valence-corrected chi connectivity index (χ2v) is 15.1. The standard InChI is InChI=1S/C34H51N3O8S/c1-25(2)37(32(38)27-15-16-30(43-8)31(19-27)44-18-12-17-42-7)23-29-22-36(33(39)45-34(3,4)5)21-28(29)20-35(6)46(40,41)24-26-13-10-9-11-14-26/h9-11,13-16,19,25,28-29H,12,17-18,20-24H2,1-8H3/t28-,29+/m1/s1. The summed E-state index contributed by atoms with van der Waals surface area (Å²) in [5, 5.41) is 0. The minimum Gasteiger partial charge on any atom is -0.493 e. The molecular weight excluding hydrogens is 610 g/mol. The predicted molar refractivity (Wildman–Crippen MR) is 178 cm³/mol. The van der Waals surface area contributed by atoms with Crippen molar-refractivity contribution in [3.63, 3.8) is 0 Å². The van der Waals surface area contributed by atoms with E-state index in [9.17, 15) is 18.0 Å². The maximum Gasteiger partial charge on any atom is 0.410 e. The third kappa shape index (κ3) is 10.6. The quantitative estimate of drug-likeness (QED) is 0.248. The number of ether oxygens (including phenoxy) is 4. The molecule has 0 N–H and O–H groups in total. The van der Waals surface area contributed by atoms with E-state index in [0.29, 0.717) is 61.9 Å². The van der Waals surface area contributed by atoms with Crippen molar-refractivity contribution >= 4 is 22.0 Å². The molecule has 0 aromatic heterocycles. The topological polar surface area (TPSA) is 115 Å². The Hall–Kier alpha value is -3.35. The molecule has 0 aliphatic carbocycles. The fraction of sp³-hybridized carbons (Fsp3) is 0.588. The van der Waals surface area contributed by atoms with Gasteiger partial charge in [0.1, 0.15) is 5.60 Å². The van der Waals surface area contributed by atoms with Crippen LogP contribution in [0.3, 0.4) is 0 Å². The van der Waals surface area contributed by atoms with Gasteiger partial charge in [-0.15, -0.1) is 0 Å². The monoisotopic (exact) mass is 661 g/mol. The minimum atomic E-state index is -3.63. The summed E-state index contributed by atoms with van der Waals surface area (Å²) in [5.41, 5.74) is 0.459. The van der Waals surface area contributed by atoms with Crippen LogP contribution in [0, 0.1) is 11.8 Å². The Morgan fingerprint density at radius 3 is 2.20 bits per heavy atom. The number of amides is 2. The van der Waals surface area contributed by atoms with E-state index in [4.69, 9.17) is 18.9 Å². The largest absolute Gasteiger partial charge is 0.493 e. The number of hydrogen-bond donors (Lipinski definition) is 0. The molecule has 256 valence electrons. The minimum absolute atomic E-state index is 0.124. The number of rotatable bonds is 15. The Morgan fingerprint density at radius 1 is 0.957 bits per heavy atom. The molecule has 3 rings (SSSR count). The number of carbonyl (C=O) groups excluding carboxylic acids is 2. The van der Waals surface area contributed by atoms with Gasteiger partial charge in [0.05, 0.1) is 19.5 Å². The van der Waals surface area contributed by atoms with Crippen LogP contribution in [0.5, 0.6) is 11.5 Å². The van der Waals surface area contributed by atoms with Crippen molar-refractivity contribution in [3.8, 4) is 11.5 Å². The van der Waals surface area contributed by atoms with Crippen molar-refractivity contribution in [1.82, 2.24) is 14.1 Å². The summed E-state index contributed by atoms with van der Waals surface area (Å²) in [6.07, 6.45) is 0.227. The van der Waals surface area contributed by atoms with E-state index >= 15 is 0 Å². The van der Waals surface area contributed by atoms with Gasteiger partial charge in [0.2, 0.25) is 10.0 Å². The number of methoxy groups -OCH3 is 2. The highest BCUT2D eigenvalue weighted by molar-refractivity contribution is 7.88. The van der Waals surface area contributed by atoms with Gasteiger partial charge < -0.3 is 28.7 Å². The van der Waals surface area contributed by atoms with Gasteiger partial charge in [-0.25, -0.2) is 17.5 Å². The van der Waals surface area contributed by atoms with E-state index in [1.807, 2.05) is 52.8 Å². The van der Waals surface area contributed by atoms with Crippen molar-refractivity contribution in [3.05, 3.63) is 59.7 Å². The van der Waals surface area contributed by atoms with Crippen LogP contribution < -0.4 is 9.47 Å². The van der Waals surface area contributed by atoms with E-state index in [2.05, 4.69) is 0 Å². The summed E-state index contributed by atoms with van der Waals surface area (Å²) in [7, 11) is 1.12. The second-order valence-electron chi connectivity index (χ2n) is 13.0. The second kappa shape index (κ2) is 16.5. The first-order valence-corrected chi connectivity index (χ1v) is 17.3. The van der Waals surface area contributed by atoms with Crippen LogP contribution in [0.15, 0.2) is 48.5 Å². The molecule has 0 bridgehead atoms. The molecule has 1 aliphatic heterocycles. The van der Waals surface area contributed by atoms with E-state index in [1.54, 1.807) is 61.4 Å². The zero-order valence-electron chi connectivity index (χ0n) is 28.5. The van der Waals surface area contributed by atoms with Crippen LogP contribution in [-0.2, 0) is 25.2 Å². The zero-order valence-corrected chi connectivity index (χ0v) is 29.3. The fourth-order valence-electron chi connectivity index (χ4n) is 5.42. The van der Waals surface area contributed by atoms with Crippen LogP contribution in [0.25, 0.3) is 0 Å². The Kier molecular flexibility index (Phi) is 13.3. The lowest BCUT2D eigenvalue weighted by molar-refractivity contribution is 0.0281. The van der Waals surface area contributed by atoms with Gasteiger partial charge in [-0.2, -0.15) is 0 Å². The van der Waals surface area contributed by atoms with Crippen LogP contribution >= 0.6 is 0 Å². The van der Waals surface area contributed by atoms with Gasteiger partial charge in [-0.3, -0.25) is 4.79 Å². The molecule has 0 spiro atoms. The SMILES string of the molecule is COCCCOc1cc(C(=O)N(C[C@@H]2CN(C(=O)OC(C)(C)C)C[C@H]2CN(C)S(=O)(=O)Cc2ccccc2)C(C)C)ccc1OC. The number of sulfonamides is 1. The molecular formula is C34H51N3O8S. The van der Waals surface area contributed by atoms with Gasteiger partial charge in [-0.05, 0) is 64.3 Å². The lowest BCUT2D eigenvalue weighted by Crippen LogP contribution is -2.44. The molecule has 2 aromatic carbocycles. The molecule has 0 saturated carbocycles. The van der Waals surface area contributed by atoms with E-state index in [-0.39, 0.29) is 36.1 Å². The number of hydrogen-bond acceptors (Lipinski definition) is 8. The van der Waals surface area contributed by atoms with Gasteiger partial charge >= 0.3 is 6.09 Å². The van der Waals surface area contributed by atoms with Crippen molar-refractivity contribution in [1.29, 1.82) is 0 Å². The molecule has 12 heteroatoms. The first-order valence-electron chi connectivity index (χ1n) is 15.7. The molecule has 2 atom stereocenters. The summed E-state index contributed by atoms with van der Waals surface area (Å²) >= 11 is 0. The molecule has 1 aliphatic rings. The molecule has 1 fully saturated rings. The summed E-state index contributed by atoms with van der Waals surface area (Å²) in [5.74, 6) is 0.242. The highest BCUT2D eigenvalue weighted by Gasteiger charge is 2.40. The zero-order chi connectivity index (χ0) is 34.1. The fourth-order valence-corrected chi connectivity index (χ4v) is 6.67. The normalized spacial score (nSPS) is 17.0. The Labute approximate surface area is 274 Å². The third-order valence-electron chi connectivity index (χ3n) is 7.86. The van der Waals surface area contributed by atoms with Crippen LogP contribution in [0.4, 0.5) is 4.79 Å². The molecule has 0 radical (unpaired) electrons. The molecule has 2 amide bonds. The van der Waals surface area contributed by atoms with Gasteiger partial charge in [0.15, 0.2) is 11.5 Å².